The number of aromatic amines is 2. The summed E-state index contributed by atoms with van der Waals surface area (Å²) in [7, 11) is 0. The van der Waals surface area contributed by atoms with Crippen molar-refractivity contribution in [1.29, 1.82) is 0 Å². The van der Waals surface area contributed by atoms with Gasteiger partial charge in [0.05, 0.1) is 11.6 Å². The minimum Gasteiger partial charge on any atom is -0.370 e. The number of nitrogens with one attached hydrogen (secondary N) is 2. The zero-order valence-corrected chi connectivity index (χ0v) is 18.5. The van der Waals surface area contributed by atoms with Crippen LogP contribution < -0.4 is 10.5 Å². The molecule has 2 aromatic carbocycles. The van der Waals surface area contributed by atoms with Crippen LogP contribution in [0.4, 0.5) is 5.69 Å². The first kappa shape index (κ1) is 20.3. The van der Waals surface area contributed by atoms with Crippen LogP contribution in [0.15, 0.2) is 90.0 Å². The zero-order chi connectivity index (χ0) is 22.1. The number of aromatic nitrogens is 3. The third kappa shape index (κ3) is 3.65. The molecule has 1 aliphatic rings. The summed E-state index contributed by atoms with van der Waals surface area (Å²) >= 11 is 5.77. The van der Waals surface area contributed by atoms with Gasteiger partial charge in [-0.15, -0.1) is 0 Å². The Labute approximate surface area is 191 Å². The van der Waals surface area contributed by atoms with Crippen LogP contribution in [-0.4, -0.2) is 45.8 Å². The third-order valence-electron chi connectivity index (χ3n) is 6.17. The van der Waals surface area contributed by atoms with Gasteiger partial charge in [-0.3, -0.25) is 15.0 Å². The van der Waals surface area contributed by atoms with Gasteiger partial charge in [0.15, 0.2) is 0 Å². The molecule has 0 amide bonds. The summed E-state index contributed by atoms with van der Waals surface area (Å²) in [6.45, 7) is 8.10. The minimum absolute atomic E-state index is 0.189. The number of fused-ring (bicyclic) bond motifs is 1. The lowest BCUT2D eigenvalue weighted by Gasteiger charge is -2.40. The van der Waals surface area contributed by atoms with Gasteiger partial charge >= 0.3 is 0 Å². The third-order valence-corrected chi connectivity index (χ3v) is 6.59. The van der Waals surface area contributed by atoms with Crippen molar-refractivity contribution in [3.05, 3.63) is 106 Å². The Morgan fingerprint density at radius 1 is 0.906 bits per heavy atom. The van der Waals surface area contributed by atoms with E-state index in [1.54, 1.807) is 0 Å². The molecule has 3 heterocycles. The van der Waals surface area contributed by atoms with Gasteiger partial charge in [0, 0.05) is 43.8 Å². The number of para-hydroxylation sites is 1. The molecule has 2 aromatic heterocycles. The summed E-state index contributed by atoms with van der Waals surface area (Å²) in [6, 6.07) is 22.4. The maximum absolute atomic E-state index is 12.3. The van der Waals surface area contributed by atoms with Crippen LogP contribution in [0, 0.1) is 4.64 Å². The lowest BCUT2D eigenvalue weighted by atomic mass is 10.0. The van der Waals surface area contributed by atoms with E-state index in [4.69, 9.17) is 12.2 Å². The molecule has 0 spiro atoms. The zero-order valence-electron chi connectivity index (χ0n) is 17.7. The number of rotatable bonds is 5. The van der Waals surface area contributed by atoms with Crippen LogP contribution in [0.1, 0.15) is 11.6 Å². The number of pyridine rings is 1. The van der Waals surface area contributed by atoms with Crippen LogP contribution >= 0.6 is 12.2 Å². The quantitative estimate of drug-likeness (QED) is 0.451. The Bertz CT molecular complexity index is 1350. The summed E-state index contributed by atoms with van der Waals surface area (Å²) in [5.41, 5.74) is 3.83. The molecule has 0 saturated carbocycles. The average Bonchev–Trinajstić information content (AvgIpc) is 3.23. The number of benzene rings is 2. The second-order valence-electron chi connectivity index (χ2n) is 8.01. The van der Waals surface area contributed by atoms with Crippen LogP contribution in [0.3, 0.4) is 0 Å². The van der Waals surface area contributed by atoms with Crippen molar-refractivity contribution in [2.45, 2.75) is 6.04 Å². The highest BCUT2D eigenvalue weighted by molar-refractivity contribution is 7.71. The van der Waals surface area contributed by atoms with Gasteiger partial charge in [-0.05, 0) is 23.8 Å². The number of hydrogen-bond acceptors (Lipinski definition) is 4. The number of allylic oxidation sites excluding steroid dienone is 1. The standard InChI is InChI=1S/C25H25N5OS/c1-18(28-14-16-29(17-15-28)20-10-6-3-7-11-20)23(19-8-4-2-5-9-19)30-13-12-21-22(25(30)32)24(31)27-26-21/h2-13,23H,1,14-17H2,(H2,26,27,31). The van der Waals surface area contributed by atoms with Crippen LogP contribution in [-0.2, 0) is 0 Å². The van der Waals surface area contributed by atoms with E-state index in [9.17, 15) is 4.79 Å². The summed E-state index contributed by atoms with van der Waals surface area (Å²) in [5.74, 6) is 0. The summed E-state index contributed by atoms with van der Waals surface area (Å²) in [5, 5.41) is 6.03. The maximum atomic E-state index is 12.3. The van der Waals surface area contributed by atoms with Crippen LogP contribution in [0.2, 0.25) is 0 Å². The van der Waals surface area contributed by atoms with Crippen molar-refractivity contribution >= 4 is 28.8 Å². The fourth-order valence-electron chi connectivity index (χ4n) is 4.48. The van der Waals surface area contributed by atoms with Crippen molar-refractivity contribution in [2.24, 2.45) is 0 Å². The number of H-pyrrole nitrogens is 2. The van der Waals surface area contributed by atoms with Crippen molar-refractivity contribution in [2.75, 3.05) is 31.1 Å². The molecule has 32 heavy (non-hydrogen) atoms. The van der Waals surface area contributed by atoms with E-state index in [0.29, 0.717) is 15.5 Å². The molecule has 5 rings (SSSR count). The summed E-state index contributed by atoms with van der Waals surface area (Å²) in [6.07, 6.45) is 1.94. The second kappa shape index (κ2) is 8.51. The predicted octanol–water partition coefficient (Wildman–Crippen LogP) is 4.31. The van der Waals surface area contributed by atoms with Gasteiger partial charge in [-0.25, -0.2) is 0 Å². The largest absolute Gasteiger partial charge is 0.370 e. The highest BCUT2D eigenvalue weighted by Gasteiger charge is 2.26. The lowest BCUT2D eigenvalue weighted by Crippen LogP contribution is -2.47. The molecule has 1 aliphatic heterocycles. The number of nitrogens with zero attached hydrogens (tertiary/aromatic N) is 3. The fraction of sp³-hybridized carbons (Fsp3) is 0.200. The lowest BCUT2D eigenvalue weighted by molar-refractivity contribution is 0.295. The molecule has 7 heteroatoms. The van der Waals surface area contributed by atoms with E-state index < -0.39 is 0 Å². The Hall–Kier alpha value is -3.58. The molecular formula is C25H25N5OS. The fourth-order valence-corrected chi connectivity index (χ4v) is 4.85. The van der Waals surface area contributed by atoms with E-state index >= 15 is 0 Å². The van der Waals surface area contributed by atoms with E-state index in [2.05, 4.69) is 63.0 Å². The molecule has 162 valence electrons. The Balaban J connectivity index is 1.48. The molecular weight excluding hydrogens is 418 g/mol. The first-order chi connectivity index (χ1) is 15.6. The van der Waals surface area contributed by atoms with E-state index in [0.717, 1.165) is 37.4 Å². The monoisotopic (exact) mass is 443 g/mol. The second-order valence-corrected chi connectivity index (χ2v) is 8.40. The number of piperazine rings is 1. The van der Waals surface area contributed by atoms with Crippen molar-refractivity contribution in [1.82, 2.24) is 19.7 Å². The molecule has 2 N–H and O–H groups in total. The van der Waals surface area contributed by atoms with Gasteiger partial charge in [0.2, 0.25) is 0 Å². The van der Waals surface area contributed by atoms with Gasteiger partial charge < -0.3 is 14.4 Å². The SMILES string of the molecule is C=C(C(c1ccccc1)n1ccc2[nH][nH]c(=O)c2c1=S)N1CCN(c2ccccc2)CC1. The predicted molar refractivity (Wildman–Crippen MR) is 132 cm³/mol. The topological polar surface area (TPSA) is 60.1 Å². The van der Waals surface area contributed by atoms with Gasteiger partial charge in [-0.1, -0.05) is 67.3 Å². The highest BCUT2D eigenvalue weighted by atomic mass is 32.1. The number of anilines is 1. The summed E-state index contributed by atoms with van der Waals surface area (Å²) in [4.78, 5) is 17.1. The molecule has 0 radical (unpaired) electrons. The van der Waals surface area contributed by atoms with Crippen molar-refractivity contribution < 1.29 is 0 Å². The average molecular weight is 444 g/mol. The summed E-state index contributed by atoms with van der Waals surface area (Å²) < 4.78 is 2.49. The van der Waals surface area contributed by atoms with E-state index in [-0.39, 0.29) is 11.6 Å². The Morgan fingerprint density at radius 3 is 2.25 bits per heavy atom. The van der Waals surface area contributed by atoms with Crippen molar-refractivity contribution in [3.63, 3.8) is 0 Å². The van der Waals surface area contributed by atoms with Crippen molar-refractivity contribution in [3.8, 4) is 0 Å². The smallest absolute Gasteiger partial charge is 0.274 e. The molecule has 1 fully saturated rings. The normalized spacial score (nSPS) is 15.1. The number of hydrogen-bond donors (Lipinski definition) is 2. The Morgan fingerprint density at radius 2 is 1.56 bits per heavy atom. The molecule has 4 aromatic rings. The molecule has 1 atom stereocenters. The first-order valence-corrected chi connectivity index (χ1v) is 11.1. The minimum atomic E-state index is -0.201. The van der Waals surface area contributed by atoms with Gasteiger partial charge in [0.1, 0.15) is 10.0 Å². The molecule has 1 saturated heterocycles. The van der Waals surface area contributed by atoms with Gasteiger partial charge in [-0.2, -0.15) is 0 Å². The molecule has 0 aliphatic carbocycles. The van der Waals surface area contributed by atoms with Gasteiger partial charge in [0.25, 0.3) is 5.56 Å². The first-order valence-electron chi connectivity index (χ1n) is 10.7. The van der Waals surface area contributed by atoms with Crippen LogP contribution in [0.5, 0.6) is 0 Å². The highest BCUT2D eigenvalue weighted by Crippen LogP contribution is 2.30. The van der Waals surface area contributed by atoms with E-state index in [1.165, 1.54) is 5.69 Å². The maximum Gasteiger partial charge on any atom is 0.274 e. The molecule has 1 unspecified atom stereocenters. The molecule has 0 bridgehead atoms. The molecule has 6 nitrogen and oxygen atoms in total. The van der Waals surface area contributed by atoms with Crippen LogP contribution in [0.25, 0.3) is 10.9 Å². The van der Waals surface area contributed by atoms with E-state index in [1.807, 2.05) is 41.1 Å². The Kier molecular flexibility index (Phi) is 5.41.